The fourth-order valence-corrected chi connectivity index (χ4v) is 2.41. The van der Waals surface area contributed by atoms with Crippen LogP contribution in [-0.2, 0) is 0 Å². The van der Waals surface area contributed by atoms with E-state index in [0.717, 1.165) is 25.9 Å². The Hall–Kier alpha value is -1.62. The van der Waals surface area contributed by atoms with Gasteiger partial charge in [0.25, 0.3) is 0 Å². The summed E-state index contributed by atoms with van der Waals surface area (Å²) >= 11 is 0. The van der Waals surface area contributed by atoms with Crippen LogP contribution in [0.15, 0.2) is 18.2 Å². The molecule has 0 unspecified atom stereocenters. The summed E-state index contributed by atoms with van der Waals surface area (Å²) in [5, 5.41) is 12.1. The molecule has 0 aromatic heterocycles. The topological polar surface area (TPSA) is 52.6 Å². The van der Waals surface area contributed by atoms with Crippen molar-refractivity contribution in [1.29, 1.82) is 0 Å². The van der Waals surface area contributed by atoms with Crippen molar-refractivity contribution in [3.8, 4) is 0 Å². The number of hydrogen-bond donors (Lipinski definition) is 2. The van der Waals surface area contributed by atoms with E-state index in [1.807, 2.05) is 0 Å². The molecule has 0 bridgehead atoms. The minimum Gasteiger partial charge on any atom is -0.478 e. The van der Waals surface area contributed by atoms with Gasteiger partial charge in [0.2, 0.25) is 0 Å². The third-order valence-corrected chi connectivity index (χ3v) is 3.65. The number of nitrogens with zero attached hydrogens (tertiary/aromatic N) is 1. The first-order chi connectivity index (χ1) is 9.08. The first-order valence-corrected chi connectivity index (χ1v) is 6.52. The molecule has 1 aliphatic rings. The van der Waals surface area contributed by atoms with Crippen molar-refractivity contribution >= 4 is 11.7 Å². The number of piperidine rings is 1. The van der Waals surface area contributed by atoms with Gasteiger partial charge in [0.1, 0.15) is 11.4 Å². The Kier molecular flexibility index (Phi) is 4.37. The second-order valence-corrected chi connectivity index (χ2v) is 5.10. The lowest BCUT2D eigenvalue weighted by atomic mass is 9.97. The average Bonchev–Trinajstić information content (AvgIpc) is 2.37. The molecule has 0 radical (unpaired) electrons. The summed E-state index contributed by atoms with van der Waals surface area (Å²) < 4.78 is 13.5. The molecule has 104 valence electrons. The Morgan fingerprint density at radius 3 is 2.79 bits per heavy atom. The van der Waals surface area contributed by atoms with E-state index in [9.17, 15) is 9.18 Å². The van der Waals surface area contributed by atoms with Gasteiger partial charge in [-0.25, -0.2) is 9.18 Å². The standard InChI is InChI=1S/C14H19FN2O2/c1-17-7-5-10(6-8-17)9-16-12-4-2-3-11(15)13(12)14(18)19/h2-4,10,16H,5-9H2,1H3,(H,18,19). The van der Waals surface area contributed by atoms with Gasteiger partial charge in [-0.3, -0.25) is 0 Å². The van der Waals surface area contributed by atoms with Crippen LogP contribution in [0.1, 0.15) is 23.2 Å². The second kappa shape index (κ2) is 6.02. The zero-order valence-electron chi connectivity index (χ0n) is 11.0. The molecule has 1 fully saturated rings. The van der Waals surface area contributed by atoms with Crippen LogP contribution in [0.25, 0.3) is 0 Å². The molecule has 0 aliphatic carbocycles. The van der Waals surface area contributed by atoms with Gasteiger partial charge in [-0.05, 0) is 51.0 Å². The van der Waals surface area contributed by atoms with E-state index in [2.05, 4.69) is 17.3 Å². The first kappa shape index (κ1) is 13.8. The molecule has 5 heteroatoms. The van der Waals surface area contributed by atoms with Crippen molar-refractivity contribution in [2.45, 2.75) is 12.8 Å². The molecule has 19 heavy (non-hydrogen) atoms. The molecule has 0 amide bonds. The van der Waals surface area contributed by atoms with Crippen molar-refractivity contribution in [3.63, 3.8) is 0 Å². The van der Waals surface area contributed by atoms with Gasteiger partial charge in [0.15, 0.2) is 0 Å². The normalized spacial score (nSPS) is 17.4. The minimum atomic E-state index is -1.23. The van der Waals surface area contributed by atoms with E-state index in [-0.39, 0.29) is 5.56 Å². The van der Waals surface area contributed by atoms with E-state index < -0.39 is 11.8 Å². The number of benzene rings is 1. The molecule has 2 N–H and O–H groups in total. The molecule has 0 atom stereocenters. The number of carboxylic acid groups (broad SMARTS) is 1. The summed E-state index contributed by atoms with van der Waals surface area (Å²) in [6, 6.07) is 4.31. The summed E-state index contributed by atoms with van der Waals surface area (Å²) in [5.41, 5.74) is 0.0989. The summed E-state index contributed by atoms with van der Waals surface area (Å²) in [6.07, 6.45) is 2.17. The summed E-state index contributed by atoms with van der Waals surface area (Å²) in [6.45, 7) is 2.81. The lowest BCUT2D eigenvalue weighted by Crippen LogP contribution is -2.33. The van der Waals surface area contributed by atoms with Crippen LogP contribution in [0.2, 0.25) is 0 Å². The molecule has 1 aromatic rings. The maximum absolute atomic E-state index is 13.5. The number of carboxylic acids is 1. The second-order valence-electron chi connectivity index (χ2n) is 5.10. The van der Waals surface area contributed by atoms with Crippen LogP contribution in [0, 0.1) is 11.7 Å². The Balaban J connectivity index is 2.00. The maximum Gasteiger partial charge on any atom is 0.340 e. The zero-order chi connectivity index (χ0) is 13.8. The molecule has 1 aliphatic heterocycles. The number of halogens is 1. The van der Waals surface area contributed by atoms with E-state index >= 15 is 0 Å². The van der Waals surface area contributed by atoms with Crippen LogP contribution in [0.4, 0.5) is 10.1 Å². The highest BCUT2D eigenvalue weighted by atomic mass is 19.1. The third kappa shape index (κ3) is 3.44. The van der Waals surface area contributed by atoms with Crippen molar-refractivity contribution < 1.29 is 14.3 Å². The lowest BCUT2D eigenvalue weighted by molar-refractivity contribution is 0.0693. The van der Waals surface area contributed by atoms with Gasteiger partial charge in [-0.15, -0.1) is 0 Å². The fourth-order valence-electron chi connectivity index (χ4n) is 2.41. The van der Waals surface area contributed by atoms with Crippen LogP contribution in [-0.4, -0.2) is 42.7 Å². The lowest BCUT2D eigenvalue weighted by Gasteiger charge is -2.29. The number of anilines is 1. The van der Waals surface area contributed by atoms with E-state index in [1.165, 1.54) is 12.1 Å². The zero-order valence-corrected chi connectivity index (χ0v) is 11.0. The third-order valence-electron chi connectivity index (χ3n) is 3.65. The van der Waals surface area contributed by atoms with Crippen molar-refractivity contribution in [3.05, 3.63) is 29.6 Å². The Bertz CT molecular complexity index is 457. The summed E-state index contributed by atoms with van der Waals surface area (Å²) in [7, 11) is 2.10. The monoisotopic (exact) mass is 266 g/mol. The van der Waals surface area contributed by atoms with Crippen LogP contribution in [0.5, 0.6) is 0 Å². The van der Waals surface area contributed by atoms with Gasteiger partial charge in [0, 0.05) is 6.54 Å². The Labute approximate surface area is 112 Å². The van der Waals surface area contributed by atoms with Crippen molar-refractivity contribution in [2.75, 3.05) is 32.0 Å². The average molecular weight is 266 g/mol. The van der Waals surface area contributed by atoms with Gasteiger partial charge in [0.05, 0.1) is 5.69 Å². The van der Waals surface area contributed by atoms with Crippen LogP contribution >= 0.6 is 0 Å². The Morgan fingerprint density at radius 1 is 1.47 bits per heavy atom. The molecule has 0 saturated carbocycles. The number of likely N-dealkylation sites (tertiary alicyclic amines) is 1. The molecule has 1 heterocycles. The predicted octanol–water partition coefficient (Wildman–Crippen LogP) is 2.28. The van der Waals surface area contributed by atoms with Gasteiger partial charge in [-0.1, -0.05) is 6.07 Å². The number of rotatable bonds is 4. The molecule has 2 rings (SSSR count). The first-order valence-electron chi connectivity index (χ1n) is 6.52. The molecule has 0 spiro atoms. The van der Waals surface area contributed by atoms with Crippen molar-refractivity contribution in [2.24, 2.45) is 5.92 Å². The summed E-state index contributed by atoms with van der Waals surface area (Å²) in [4.78, 5) is 13.3. The fraction of sp³-hybridized carbons (Fsp3) is 0.500. The number of carbonyl (C=O) groups is 1. The van der Waals surface area contributed by atoms with E-state index in [4.69, 9.17) is 5.11 Å². The Morgan fingerprint density at radius 2 is 2.16 bits per heavy atom. The number of hydrogen-bond acceptors (Lipinski definition) is 3. The smallest absolute Gasteiger partial charge is 0.340 e. The molecular weight excluding hydrogens is 247 g/mol. The quantitative estimate of drug-likeness (QED) is 0.878. The largest absolute Gasteiger partial charge is 0.478 e. The van der Waals surface area contributed by atoms with Crippen LogP contribution in [0.3, 0.4) is 0 Å². The number of aromatic carboxylic acids is 1. The van der Waals surface area contributed by atoms with E-state index in [1.54, 1.807) is 6.07 Å². The van der Waals surface area contributed by atoms with E-state index in [0.29, 0.717) is 18.2 Å². The highest BCUT2D eigenvalue weighted by Gasteiger charge is 2.19. The van der Waals surface area contributed by atoms with Gasteiger partial charge < -0.3 is 15.3 Å². The molecule has 1 saturated heterocycles. The number of nitrogens with one attached hydrogen (secondary N) is 1. The SMILES string of the molecule is CN1CCC(CNc2cccc(F)c2C(=O)O)CC1. The molecule has 4 nitrogen and oxygen atoms in total. The van der Waals surface area contributed by atoms with Gasteiger partial charge in [-0.2, -0.15) is 0 Å². The van der Waals surface area contributed by atoms with Gasteiger partial charge >= 0.3 is 5.97 Å². The highest BCUT2D eigenvalue weighted by Crippen LogP contribution is 2.21. The predicted molar refractivity (Wildman–Crippen MR) is 72.1 cm³/mol. The molecular formula is C14H19FN2O2. The highest BCUT2D eigenvalue weighted by molar-refractivity contribution is 5.94. The van der Waals surface area contributed by atoms with Crippen molar-refractivity contribution in [1.82, 2.24) is 4.90 Å². The molecule has 1 aromatic carbocycles. The minimum absolute atomic E-state index is 0.268. The summed E-state index contributed by atoms with van der Waals surface area (Å²) in [5.74, 6) is -1.41. The van der Waals surface area contributed by atoms with Crippen LogP contribution < -0.4 is 5.32 Å². The maximum atomic E-state index is 13.5.